The van der Waals surface area contributed by atoms with Crippen LogP contribution in [0.2, 0.25) is 0 Å². The average molecular weight is 361 g/mol. The van der Waals surface area contributed by atoms with Gasteiger partial charge in [0.05, 0.1) is 13.0 Å². The van der Waals surface area contributed by atoms with Gasteiger partial charge in [-0.3, -0.25) is 4.79 Å². The first-order valence-corrected chi connectivity index (χ1v) is 9.04. The van der Waals surface area contributed by atoms with Gasteiger partial charge in [0.25, 0.3) is 0 Å². The lowest BCUT2D eigenvalue weighted by atomic mass is 9.98. The molecule has 2 N–H and O–H groups in total. The Labute approximate surface area is 141 Å². The molecular formula is C15H23NO7S. The average Bonchev–Trinajstić information content (AvgIpc) is 2.95. The number of aliphatic carboxylic acids is 1. The summed E-state index contributed by atoms with van der Waals surface area (Å²) in [5.74, 6) is -2.68. The first-order chi connectivity index (χ1) is 11.1. The zero-order valence-corrected chi connectivity index (χ0v) is 15.0. The fourth-order valence-corrected chi connectivity index (χ4v) is 3.54. The minimum absolute atomic E-state index is 0.110. The van der Waals surface area contributed by atoms with Crippen LogP contribution in [0.15, 0.2) is 15.4 Å². The molecule has 1 aromatic rings. The predicted molar refractivity (Wildman–Crippen MR) is 85.2 cm³/mol. The Morgan fingerprint density at radius 3 is 2.46 bits per heavy atom. The second-order valence-electron chi connectivity index (χ2n) is 5.76. The number of carboxylic acids is 1. The van der Waals surface area contributed by atoms with E-state index in [-0.39, 0.29) is 35.3 Å². The fourth-order valence-electron chi connectivity index (χ4n) is 2.22. The molecule has 0 aliphatic heterocycles. The molecule has 1 unspecified atom stereocenters. The number of carboxylic acid groups (broad SMARTS) is 1. The van der Waals surface area contributed by atoms with Crippen LogP contribution < -0.4 is 4.72 Å². The zero-order valence-electron chi connectivity index (χ0n) is 14.2. The minimum Gasteiger partial charge on any atom is -0.481 e. The summed E-state index contributed by atoms with van der Waals surface area (Å²) in [6.07, 6.45) is 0.596. The fraction of sp³-hybridized carbons (Fsp3) is 0.600. The smallest absolute Gasteiger partial charge is 0.373 e. The molecule has 9 heteroatoms. The number of furan rings is 1. The SMILES string of the molecule is CCc1oc(C(=O)OC)cc1S(=O)(=O)NCC(CC(C)C)C(=O)O. The quantitative estimate of drug-likeness (QED) is 0.641. The highest BCUT2D eigenvalue weighted by molar-refractivity contribution is 7.89. The number of nitrogens with one attached hydrogen (secondary N) is 1. The molecule has 0 aromatic carbocycles. The maximum atomic E-state index is 12.4. The lowest BCUT2D eigenvalue weighted by Gasteiger charge is -2.15. The van der Waals surface area contributed by atoms with Gasteiger partial charge in [-0.1, -0.05) is 20.8 Å². The molecule has 136 valence electrons. The lowest BCUT2D eigenvalue weighted by molar-refractivity contribution is -0.142. The Balaban J connectivity index is 3.01. The van der Waals surface area contributed by atoms with E-state index >= 15 is 0 Å². The molecule has 0 aliphatic rings. The van der Waals surface area contributed by atoms with Crippen LogP contribution in [0.4, 0.5) is 0 Å². The topological polar surface area (TPSA) is 123 Å². The molecule has 0 bridgehead atoms. The third kappa shape index (κ3) is 5.07. The normalized spacial score (nSPS) is 13.0. The Morgan fingerprint density at radius 2 is 2.00 bits per heavy atom. The van der Waals surface area contributed by atoms with Crippen molar-refractivity contribution in [1.82, 2.24) is 4.72 Å². The number of rotatable bonds is 9. The molecule has 1 heterocycles. The molecule has 8 nitrogen and oxygen atoms in total. The summed E-state index contributed by atoms with van der Waals surface area (Å²) < 4.78 is 36.9. The van der Waals surface area contributed by atoms with Crippen LogP contribution in [0.5, 0.6) is 0 Å². The highest BCUT2D eigenvalue weighted by Crippen LogP contribution is 2.22. The van der Waals surface area contributed by atoms with Gasteiger partial charge in [-0.15, -0.1) is 0 Å². The van der Waals surface area contributed by atoms with E-state index in [0.29, 0.717) is 6.42 Å². The number of ether oxygens (including phenoxy) is 1. The summed E-state index contributed by atoms with van der Waals surface area (Å²) in [6, 6.07) is 1.09. The van der Waals surface area contributed by atoms with Crippen LogP contribution in [-0.4, -0.2) is 39.1 Å². The van der Waals surface area contributed by atoms with Crippen LogP contribution in [0.3, 0.4) is 0 Å². The van der Waals surface area contributed by atoms with Crippen molar-refractivity contribution in [3.8, 4) is 0 Å². The Kier molecular flexibility index (Phi) is 6.97. The molecule has 0 fully saturated rings. The van der Waals surface area contributed by atoms with E-state index in [0.717, 1.165) is 13.2 Å². The van der Waals surface area contributed by atoms with Crippen LogP contribution in [0.25, 0.3) is 0 Å². The molecule has 0 spiro atoms. The third-order valence-corrected chi connectivity index (χ3v) is 4.86. The molecule has 1 aromatic heterocycles. The number of carbonyl (C=O) groups excluding carboxylic acids is 1. The summed E-state index contributed by atoms with van der Waals surface area (Å²) >= 11 is 0. The summed E-state index contributed by atoms with van der Waals surface area (Å²) in [7, 11) is -2.84. The standard InChI is InChI=1S/C15H23NO7S/c1-5-11-13(7-12(23-11)15(19)22-4)24(20,21)16-8-10(14(17)18)6-9(2)3/h7,9-10,16H,5-6,8H2,1-4H3,(H,17,18). The second kappa shape index (κ2) is 8.29. The molecule has 0 saturated carbocycles. The molecule has 24 heavy (non-hydrogen) atoms. The van der Waals surface area contributed by atoms with Gasteiger partial charge in [-0.05, 0) is 12.3 Å². The first kappa shape index (κ1) is 20.2. The summed E-state index contributed by atoms with van der Waals surface area (Å²) in [5, 5.41) is 9.18. The highest BCUT2D eigenvalue weighted by atomic mass is 32.2. The Morgan fingerprint density at radius 1 is 1.38 bits per heavy atom. The van der Waals surface area contributed by atoms with E-state index in [1.807, 2.05) is 13.8 Å². The third-order valence-electron chi connectivity index (χ3n) is 3.39. The largest absolute Gasteiger partial charge is 0.481 e. The van der Waals surface area contributed by atoms with Crippen LogP contribution in [0.1, 0.15) is 43.5 Å². The van der Waals surface area contributed by atoms with Crippen LogP contribution in [-0.2, 0) is 26.0 Å². The number of hydrogen-bond acceptors (Lipinski definition) is 6. The Hall–Kier alpha value is -1.87. The molecule has 1 rings (SSSR count). The van der Waals surface area contributed by atoms with Crippen molar-refractivity contribution in [2.75, 3.05) is 13.7 Å². The van der Waals surface area contributed by atoms with Gasteiger partial charge in [-0.2, -0.15) is 0 Å². The monoisotopic (exact) mass is 361 g/mol. The van der Waals surface area contributed by atoms with E-state index in [9.17, 15) is 23.1 Å². The van der Waals surface area contributed by atoms with Gasteiger partial charge in [0.15, 0.2) is 0 Å². The van der Waals surface area contributed by atoms with Crippen LogP contribution in [0, 0.1) is 11.8 Å². The number of esters is 1. The van der Waals surface area contributed by atoms with Gasteiger partial charge in [0.1, 0.15) is 10.7 Å². The predicted octanol–water partition coefficient (Wildman–Crippen LogP) is 1.65. The lowest BCUT2D eigenvalue weighted by Crippen LogP contribution is -2.33. The van der Waals surface area contributed by atoms with Crippen molar-refractivity contribution in [2.24, 2.45) is 11.8 Å². The van der Waals surface area contributed by atoms with Crippen molar-refractivity contribution in [3.63, 3.8) is 0 Å². The maximum Gasteiger partial charge on any atom is 0.373 e. The van der Waals surface area contributed by atoms with Crippen molar-refractivity contribution < 1.29 is 32.3 Å². The van der Waals surface area contributed by atoms with Gasteiger partial charge in [-0.25, -0.2) is 17.9 Å². The number of methoxy groups -OCH3 is 1. The van der Waals surface area contributed by atoms with Gasteiger partial charge in [0.2, 0.25) is 15.8 Å². The van der Waals surface area contributed by atoms with E-state index in [2.05, 4.69) is 9.46 Å². The van der Waals surface area contributed by atoms with Crippen molar-refractivity contribution in [2.45, 2.75) is 38.5 Å². The minimum atomic E-state index is -4.00. The highest BCUT2D eigenvalue weighted by Gasteiger charge is 2.28. The van der Waals surface area contributed by atoms with E-state index in [4.69, 9.17) is 4.42 Å². The molecule has 0 saturated heterocycles. The van der Waals surface area contributed by atoms with E-state index in [1.165, 1.54) is 0 Å². The molecule has 1 atom stereocenters. The summed E-state index contributed by atoms with van der Waals surface area (Å²) in [4.78, 5) is 22.5. The number of hydrogen-bond donors (Lipinski definition) is 2. The molecule has 0 radical (unpaired) electrons. The van der Waals surface area contributed by atoms with Gasteiger partial charge in [0, 0.05) is 19.0 Å². The number of aryl methyl sites for hydroxylation is 1. The molecule has 0 amide bonds. The molecule has 0 aliphatic carbocycles. The Bertz CT molecular complexity index is 691. The van der Waals surface area contributed by atoms with Gasteiger partial charge >= 0.3 is 11.9 Å². The number of carbonyl (C=O) groups is 2. The summed E-state index contributed by atoms with van der Waals surface area (Å²) in [5.41, 5.74) is 0. The van der Waals surface area contributed by atoms with E-state index < -0.39 is 27.9 Å². The van der Waals surface area contributed by atoms with Crippen molar-refractivity contribution >= 4 is 22.0 Å². The first-order valence-electron chi connectivity index (χ1n) is 7.55. The summed E-state index contributed by atoms with van der Waals surface area (Å²) in [6.45, 7) is 5.16. The van der Waals surface area contributed by atoms with Crippen molar-refractivity contribution in [1.29, 1.82) is 0 Å². The number of sulfonamides is 1. The second-order valence-corrected chi connectivity index (χ2v) is 7.50. The van der Waals surface area contributed by atoms with Gasteiger partial charge < -0.3 is 14.3 Å². The maximum absolute atomic E-state index is 12.4. The van der Waals surface area contributed by atoms with E-state index in [1.54, 1.807) is 6.92 Å². The molecular weight excluding hydrogens is 338 g/mol. The van der Waals surface area contributed by atoms with Crippen LogP contribution >= 0.6 is 0 Å². The van der Waals surface area contributed by atoms with Crippen molar-refractivity contribution in [3.05, 3.63) is 17.6 Å². The zero-order chi connectivity index (χ0) is 18.5.